The number of halogens is 1. The number of anilines is 1. The van der Waals surface area contributed by atoms with Crippen molar-refractivity contribution >= 4 is 23.2 Å². The zero-order valence-corrected chi connectivity index (χ0v) is 12.2. The molecule has 0 radical (unpaired) electrons. The first kappa shape index (κ1) is 15.3. The minimum atomic E-state index is -0.282. The maximum absolute atomic E-state index is 11.9. The summed E-state index contributed by atoms with van der Waals surface area (Å²) in [5.74, 6) is -0.106. The van der Waals surface area contributed by atoms with Crippen molar-refractivity contribution < 1.29 is 9.90 Å². The average molecular weight is 297 g/mol. The van der Waals surface area contributed by atoms with Crippen LogP contribution in [0.2, 0.25) is 5.02 Å². The molecule has 4 nitrogen and oxygen atoms in total. The van der Waals surface area contributed by atoms with Crippen LogP contribution in [0.4, 0.5) is 5.69 Å². The number of hydrogen-bond acceptors (Lipinski definition) is 3. The topological polar surface area (TPSA) is 61.4 Å². The highest BCUT2D eigenvalue weighted by atomic mass is 35.5. The molecular formula is C15H21ClN2O2. The Labute approximate surface area is 124 Å². The van der Waals surface area contributed by atoms with Gasteiger partial charge in [0.1, 0.15) is 0 Å². The first-order valence-corrected chi connectivity index (χ1v) is 7.43. The molecule has 0 heterocycles. The zero-order valence-electron chi connectivity index (χ0n) is 11.5. The summed E-state index contributed by atoms with van der Waals surface area (Å²) >= 11 is 5.80. The van der Waals surface area contributed by atoms with Crippen LogP contribution in [0, 0.1) is 0 Å². The van der Waals surface area contributed by atoms with Crippen molar-refractivity contribution in [3.05, 3.63) is 29.3 Å². The number of aliphatic hydroxyl groups is 1. The van der Waals surface area contributed by atoms with Crippen LogP contribution in [0.3, 0.4) is 0 Å². The maximum atomic E-state index is 11.9. The molecule has 1 amide bonds. The van der Waals surface area contributed by atoms with E-state index in [1.165, 1.54) is 6.42 Å². The van der Waals surface area contributed by atoms with Gasteiger partial charge in [-0.15, -0.1) is 0 Å². The molecule has 0 atom stereocenters. The van der Waals surface area contributed by atoms with Gasteiger partial charge in [-0.25, -0.2) is 0 Å². The fourth-order valence-corrected chi connectivity index (χ4v) is 2.75. The lowest BCUT2D eigenvalue weighted by Crippen LogP contribution is -2.52. The average Bonchev–Trinajstić information content (AvgIpc) is 2.49. The Morgan fingerprint density at radius 2 is 1.85 bits per heavy atom. The molecule has 1 fully saturated rings. The quantitative estimate of drug-likeness (QED) is 0.782. The third-order valence-corrected chi connectivity index (χ3v) is 4.12. The smallest absolute Gasteiger partial charge is 0.238 e. The van der Waals surface area contributed by atoms with Crippen molar-refractivity contribution in [2.45, 2.75) is 37.6 Å². The molecule has 2 rings (SSSR count). The van der Waals surface area contributed by atoms with Crippen molar-refractivity contribution in [1.29, 1.82) is 0 Å². The third-order valence-electron chi connectivity index (χ3n) is 3.87. The Kier molecular flexibility index (Phi) is 5.40. The van der Waals surface area contributed by atoms with Gasteiger partial charge >= 0.3 is 0 Å². The van der Waals surface area contributed by atoms with Gasteiger partial charge in [0.15, 0.2) is 0 Å². The van der Waals surface area contributed by atoms with Crippen molar-refractivity contribution in [2.75, 3.05) is 18.5 Å². The van der Waals surface area contributed by atoms with Crippen molar-refractivity contribution in [2.24, 2.45) is 0 Å². The van der Waals surface area contributed by atoms with Gasteiger partial charge in [0.05, 0.1) is 13.2 Å². The van der Waals surface area contributed by atoms with E-state index in [0.29, 0.717) is 5.02 Å². The third kappa shape index (κ3) is 4.20. The lowest BCUT2D eigenvalue weighted by molar-refractivity contribution is -0.116. The van der Waals surface area contributed by atoms with E-state index in [4.69, 9.17) is 11.6 Å². The molecular weight excluding hydrogens is 276 g/mol. The van der Waals surface area contributed by atoms with Crippen LogP contribution in [0.25, 0.3) is 0 Å². The van der Waals surface area contributed by atoms with E-state index >= 15 is 0 Å². The van der Waals surface area contributed by atoms with Crippen LogP contribution in [-0.4, -0.2) is 29.7 Å². The molecule has 110 valence electrons. The van der Waals surface area contributed by atoms with Crippen LogP contribution in [0.1, 0.15) is 32.1 Å². The van der Waals surface area contributed by atoms with Gasteiger partial charge in [-0.3, -0.25) is 4.79 Å². The molecule has 3 N–H and O–H groups in total. The van der Waals surface area contributed by atoms with Gasteiger partial charge < -0.3 is 15.7 Å². The molecule has 1 aliphatic carbocycles. The van der Waals surface area contributed by atoms with Crippen LogP contribution >= 0.6 is 11.6 Å². The highest BCUT2D eigenvalue weighted by Crippen LogP contribution is 2.27. The fourth-order valence-electron chi connectivity index (χ4n) is 2.63. The monoisotopic (exact) mass is 296 g/mol. The highest BCUT2D eigenvalue weighted by Gasteiger charge is 2.31. The molecule has 1 aliphatic rings. The summed E-state index contributed by atoms with van der Waals surface area (Å²) in [7, 11) is 0. The lowest BCUT2D eigenvalue weighted by Gasteiger charge is -2.36. The Bertz CT molecular complexity index is 442. The largest absolute Gasteiger partial charge is 0.394 e. The molecule has 0 aliphatic heterocycles. The van der Waals surface area contributed by atoms with E-state index in [1.54, 1.807) is 24.3 Å². The SMILES string of the molecule is O=C(CNC1(CO)CCCCC1)Nc1ccc(Cl)cc1. The number of benzene rings is 1. The number of rotatable bonds is 5. The van der Waals surface area contributed by atoms with E-state index in [0.717, 1.165) is 31.4 Å². The molecule has 0 unspecified atom stereocenters. The number of aliphatic hydroxyl groups excluding tert-OH is 1. The first-order chi connectivity index (χ1) is 9.63. The number of carbonyl (C=O) groups is 1. The second-order valence-corrected chi connectivity index (χ2v) is 5.84. The van der Waals surface area contributed by atoms with Gasteiger partial charge in [-0.2, -0.15) is 0 Å². The molecule has 0 aromatic heterocycles. The summed E-state index contributed by atoms with van der Waals surface area (Å²) in [5, 5.41) is 16.2. The molecule has 1 saturated carbocycles. The second kappa shape index (κ2) is 7.07. The van der Waals surface area contributed by atoms with Crippen molar-refractivity contribution in [3.8, 4) is 0 Å². The summed E-state index contributed by atoms with van der Waals surface area (Å²) in [5.41, 5.74) is 0.443. The van der Waals surface area contributed by atoms with Gasteiger partial charge in [0, 0.05) is 16.2 Å². The van der Waals surface area contributed by atoms with E-state index in [9.17, 15) is 9.90 Å². The van der Waals surface area contributed by atoms with E-state index in [2.05, 4.69) is 10.6 Å². The Balaban J connectivity index is 1.83. The fraction of sp³-hybridized carbons (Fsp3) is 0.533. The number of carbonyl (C=O) groups excluding carboxylic acids is 1. The van der Waals surface area contributed by atoms with Gasteiger partial charge in [-0.1, -0.05) is 30.9 Å². The number of nitrogens with one attached hydrogen (secondary N) is 2. The molecule has 0 bridgehead atoms. The standard InChI is InChI=1S/C15H21ClN2O2/c16-12-4-6-13(7-5-12)18-14(20)10-17-15(11-19)8-2-1-3-9-15/h4-7,17,19H,1-3,8-11H2,(H,18,20). The van der Waals surface area contributed by atoms with E-state index in [1.807, 2.05) is 0 Å². The molecule has 1 aromatic rings. The molecule has 20 heavy (non-hydrogen) atoms. The zero-order chi connectivity index (χ0) is 14.4. The van der Waals surface area contributed by atoms with Crippen LogP contribution in [0.15, 0.2) is 24.3 Å². The number of amides is 1. The van der Waals surface area contributed by atoms with Crippen LogP contribution in [-0.2, 0) is 4.79 Å². The van der Waals surface area contributed by atoms with Gasteiger partial charge in [0.25, 0.3) is 0 Å². The van der Waals surface area contributed by atoms with Crippen molar-refractivity contribution in [1.82, 2.24) is 5.32 Å². The highest BCUT2D eigenvalue weighted by molar-refractivity contribution is 6.30. The van der Waals surface area contributed by atoms with Crippen LogP contribution in [0.5, 0.6) is 0 Å². The molecule has 0 saturated heterocycles. The van der Waals surface area contributed by atoms with Crippen molar-refractivity contribution in [3.63, 3.8) is 0 Å². The summed E-state index contributed by atoms with van der Waals surface area (Å²) < 4.78 is 0. The van der Waals surface area contributed by atoms with E-state index in [-0.39, 0.29) is 24.6 Å². The van der Waals surface area contributed by atoms with Gasteiger partial charge in [-0.05, 0) is 37.1 Å². The van der Waals surface area contributed by atoms with Gasteiger partial charge in [0.2, 0.25) is 5.91 Å². The Hall–Kier alpha value is -1.10. The summed E-state index contributed by atoms with van der Waals surface area (Å²) in [6.07, 6.45) is 5.27. The Morgan fingerprint density at radius 3 is 2.45 bits per heavy atom. The maximum Gasteiger partial charge on any atom is 0.238 e. The van der Waals surface area contributed by atoms with E-state index < -0.39 is 0 Å². The molecule has 5 heteroatoms. The minimum absolute atomic E-state index is 0.0845. The summed E-state index contributed by atoms with van der Waals surface area (Å²) in [4.78, 5) is 11.9. The lowest BCUT2D eigenvalue weighted by atomic mass is 9.82. The first-order valence-electron chi connectivity index (χ1n) is 7.05. The van der Waals surface area contributed by atoms with Crippen LogP contribution < -0.4 is 10.6 Å². The normalized spacial score (nSPS) is 17.7. The summed E-state index contributed by atoms with van der Waals surface area (Å²) in [6.45, 7) is 0.296. The number of hydrogen-bond donors (Lipinski definition) is 3. The predicted octanol–water partition coefficient (Wildman–Crippen LogP) is 2.56. The minimum Gasteiger partial charge on any atom is -0.394 e. The summed E-state index contributed by atoms with van der Waals surface area (Å²) in [6, 6.07) is 7.01. The predicted molar refractivity (Wildman–Crippen MR) is 81.0 cm³/mol. The second-order valence-electron chi connectivity index (χ2n) is 5.41. The molecule has 0 spiro atoms. The Morgan fingerprint density at radius 1 is 1.20 bits per heavy atom. The molecule has 1 aromatic carbocycles.